The largest absolute Gasteiger partial charge is 0.481 e. The summed E-state index contributed by atoms with van der Waals surface area (Å²) in [5, 5.41) is 26.5. The van der Waals surface area contributed by atoms with Crippen LogP contribution >= 0.6 is 0 Å². The second-order valence-electron chi connectivity index (χ2n) is 4.98. The Labute approximate surface area is 124 Å². The van der Waals surface area contributed by atoms with Gasteiger partial charge in [-0.3, -0.25) is 24.8 Å². The molecule has 0 radical (unpaired) electrons. The van der Waals surface area contributed by atoms with E-state index in [-0.39, 0.29) is 17.9 Å². The first kappa shape index (κ1) is 15.4. The number of aromatic amines is 1. The summed E-state index contributed by atoms with van der Waals surface area (Å²) in [5.74, 6) is -2.24. The molecule has 0 bridgehead atoms. The maximum atomic E-state index is 12.3. The average molecular weight is 306 g/mol. The normalized spacial score (nSPS) is 12.1. The number of amides is 1. The summed E-state index contributed by atoms with van der Waals surface area (Å²) in [7, 11) is 1.46. The molecule has 9 heteroatoms. The molecular weight excluding hydrogens is 292 g/mol. The van der Waals surface area contributed by atoms with Crippen molar-refractivity contribution in [2.24, 2.45) is 5.92 Å². The van der Waals surface area contributed by atoms with Crippen LogP contribution in [0.1, 0.15) is 17.4 Å². The summed E-state index contributed by atoms with van der Waals surface area (Å²) in [5.41, 5.74) is 0.372. The van der Waals surface area contributed by atoms with E-state index >= 15 is 0 Å². The number of rotatable bonds is 5. The van der Waals surface area contributed by atoms with Gasteiger partial charge in [-0.05, 0) is 6.07 Å². The Bertz CT molecular complexity index is 754. The molecule has 22 heavy (non-hydrogen) atoms. The number of aromatic nitrogens is 2. The number of fused-ring (bicyclic) bond motifs is 1. The second-order valence-corrected chi connectivity index (χ2v) is 4.98. The molecule has 1 aromatic carbocycles. The third kappa shape index (κ3) is 2.87. The summed E-state index contributed by atoms with van der Waals surface area (Å²) in [6.45, 7) is 1.50. The van der Waals surface area contributed by atoms with Crippen LogP contribution in [0, 0.1) is 16.0 Å². The van der Waals surface area contributed by atoms with Crippen LogP contribution in [-0.2, 0) is 4.79 Å². The Balaban J connectivity index is 2.33. The SMILES string of the molecule is CC(CN(C)C(=O)c1n[nH]c2ccc([N+](=O)[O-])cc12)C(=O)O. The molecule has 1 atom stereocenters. The molecule has 0 aliphatic heterocycles. The van der Waals surface area contributed by atoms with E-state index in [2.05, 4.69) is 10.2 Å². The fraction of sp³-hybridized carbons (Fsp3) is 0.308. The molecular formula is C13H14N4O5. The number of hydrogen-bond acceptors (Lipinski definition) is 5. The summed E-state index contributed by atoms with van der Waals surface area (Å²) in [6.07, 6.45) is 0. The van der Waals surface area contributed by atoms with E-state index in [1.807, 2.05) is 0 Å². The van der Waals surface area contributed by atoms with Crippen molar-refractivity contribution in [1.82, 2.24) is 15.1 Å². The second kappa shape index (κ2) is 5.80. The predicted molar refractivity (Wildman–Crippen MR) is 76.5 cm³/mol. The van der Waals surface area contributed by atoms with Crippen molar-refractivity contribution in [3.05, 3.63) is 34.0 Å². The molecule has 0 spiro atoms. The summed E-state index contributed by atoms with van der Waals surface area (Å²) < 4.78 is 0. The zero-order chi connectivity index (χ0) is 16.4. The van der Waals surface area contributed by atoms with Crippen molar-refractivity contribution >= 4 is 28.5 Å². The van der Waals surface area contributed by atoms with Gasteiger partial charge in [-0.15, -0.1) is 0 Å². The molecule has 0 fully saturated rings. The fourth-order valence-electron chi connectivity index (χ4n) is 2.03. The Morgan fingerprint density at radius 3 is 2.77 bits per heavy atom. The van der Waals surface area contributed by atoms with Gasteiger partial charge >= 0.3 is 5.97 Å². The first-order valence-corrected chi connectivity index (χ1v) is 6.42. The number of nitro benzene ring substituents is 1. The highest BCUT2D eigenvalue weighted by Crippen LogP contribution is 2.23. The molecule has 1 heterocycles. The minimum atomic E-state index is -1.01. The molecule has 0 aliphatic rings. The quantitative estimate of drug-likeness (QED) is 0.632. The number of carbonyl (C=O) groups excluding carboxylic acids is 1. The minimum absolute atomic E-state index is 0.0114. The van der Waals surface area contributed by atoms with Crippen LogP contribution in [0.4, 0.5) is 5.69 Å². The van der Waals surface area contributed by atoms with Gasteiger partial charge in [0, 0.05) is 31.1 Å². The molecule has 1 amide bonds. The van der Waals surface area contributed by atoms with Crippen LogP contribution in [0.3, 0.4) is 0 Å². The van der Waals surface area contributed by atoms with Gasteiger partial charge in [-0.1, -0.05) is 6.92 Å². The lowest BCUT2D eigenvalue weighted by Crippen LogP contribution is -2.34. The third-order valence-electron chi connectivity index (χ3n) is 3.28. The minimum Gasteiger partial charge on any atom is -0.481 e. The third-order valence-corrected chi connectivity index (χ3v) is 3.28. The molecule has 2 aromatic rings. The van der Waals surface area contributed by atoms with Crippen LogP contribution < -0.4 is 0 Å². The maximum absolute atomic E-state index is 12.3. The van der Waals surface area contributed by atoms with Crippen molar-refractivity contribution in [2.75, 3.05) is 13.6 Å². The Kier molecular flexibility index (Phi) is 4.06. The number of nitro groups is 1. The highest BCUT2D eigenvalue weighted by atomic mass is 16.6. The van der Waals surface area contributed by atoms with E-state index in [1.54, 1.807) is 0 Å². The smallest absolute Gasteiger partial charge is 0.308 e. The Hall–Kier alpha value is -2.97. The van der Waals surface area contributed by atoms with E-state index in [0.29, 0.717) is 10.9 Å². The van der Waals surface area contributed by atoms with E-state index < -0.39 is 22.7 Å². The lowest BCUT2D eigenvalue weighted by molar-refractivity contribution is -0.384. The van der Waals surface area contributed by atoms with Gasteiger partial charge in [0.1, 0.15) is 0 Å². The highest BCUT2D eigenvalue weighted by Gasteiger charge is 2.23. The van der Waals surface area contributed by atoms with Crippen LogP contribution in [0.25, 0.3) is 10.9 Å². The van der Waals surface area contributed by atoms with Gasteiger partial charge < -0.3 is 10.0 Å². The van der Waals surface area contributed by atoms with Gasteiger partial charge in [0.2, 0.25) is 0 Å². The van der Waals surface area contributed by atoms with Crippen molar-refractivity contribution in [2.45, 2.75) is 6.92 Å². The summed E-state index contributed by atoms with van der Waals surface area (Å²) in [6, 6.07) is 4.04. The van der Waals surface area contributed by atoms with E-state index in [0.717, 1.165) is 0 Å². The molecule has 0 saturated heterocycles. The van der Waals surface area contributed by atoms with Gasteiger partial charge in [-0.2, -0.15) is 5.10 Å². The molecule has 0 aliphatic carbocycles. The number of carboxylic acids is 1. The number of aliphatic carboxylic acids is 1. The van der Waals surface area contributed by atoms with Gasteiger partial charge in [0.25, 0.3) is 11.6 Å². The summed E-state index contributed by atoms with van der Waals surface area (Å²) >= 11 is 0. The number of H-pyrrole nitrogens is 1. The topological polar surface area (TPSA) is 129 Å². The summed E-state index contributed by atoms with van der Waals surface area (Å²) in [4.78, 5) is 34.7. The first-order valence-electron chi connectivity index (χ1n) is 6.42. The lowest BCUT2D eigenvalue weighted by Gasteiger charge is -2.18. The maximum Gasteiger partial charge on any atom is 0.308 e. The van der Waals surface area contributed by atoms with E-state index in [1.165, 1.54) is 37.1 Å². The zero-order valence-electron chi connectivity index (χ0n) is 11.9. The van der Waals surface area contributed by atoms with Crippen molar-refractivity contribution < 1.29 is 19.6 Å². The fourth-order valence-corrected chi connectivity index (χ4v) is 2.03. The van der Waals surface area contributed by atoms with Gasteiger partial charge in [0.05, 0.1) is 16.4 Å². The van der Waals surface area contributed by atoms with Gasteiger partial charge in [0.15, 0.2) is 5.69 Å². The lowest BCUT2D eigenvalue weighted by atomic mass is 10.1. The molecule has 2 rings (SSSR count). The molecule has 1 aromatic heterocycles. The number of nitrogens with one attached hydrogen (secondary N) is 1. The number of carboxylic acid groups (broad SMARTS) is 1. The van der Waals surface area contributed by atoms with Crippen LogP contribution in [-0.4, -0.2) is 50.6 Å². The van der Waals surface area contributed by atoms with Crippen LogP contribution in [0.2, 0.25) is 0 Å². The molecule has 1 unspecified atom stereocenters. The molecule has 9 nitrogen and oxygen atoms in total. The van der Waals surface area contributed by atoms with Crippen molar-refractivity contribution in [3.63, 3.8) is 0 Å². The van der Waals surface area contributed by atoms with Crippen LogP contribution in [0.15, 0.2) is 18.2 Å². The number of non-ortho nitro benzene ring substituents is 1. The number of carbonyl (C=O) groups is 2. The Morgan fingerprint density at radius 2 is 2.18 bits per heavy atom. The molecule has 0 saturated carbocycles. The van der Waals surface area contributed by atoms with Gasteiger partial charge in [-0.25, -0.2) is 0 Å². The molecule has 2 N–H and O–H groups in total. The monoisotopic (exact) mass is 306 g/mol. The highest BCUT2D eigenvalue weighted by molar-refractivity contribution is 6.05. The number of benzene rings is 1. The molecule has 116 valence electrons. The number of hydrogen-bond donors (Lipinski definition) is 2. The zero-order valence-corrected chi connectivity index (χ0v) is 11.9. The first-order chi connectivity index (χ1) is 10.3. The van der Waals surface area contributed by atoms with Crippen LogP contribution in [0.5, 0.6) is 0 Å². The van der Waals surface area contributed by atoms with Crippen molar-refractivity contribution in [3.8, 4) is 0 Å². The van der Waals surface area contributed by atoms with E-state index in [4.69, 9.17) is 5.11 Å². The Morgan fingerprint density at radius 1 is 1.50 bits per heavy atom. The van der Waals surface area contributed by atoms with Crippen molar-refractivity contribution in [1.29, 1.82) is 0 Å². The van der Waals surface area contributed by atoms with E-state index in [9.17, 15) is 19.7 Å². The number of nitrogens with zero attached hydrogens (tertiary/aromatic N) is 3. The standard InChI is InChI=1S/C13H14N4O5/c1-7(13(19)20)6-16(2)12(18)11-9-5-8(17(21)22)3-4-10(9)14-15-11/h3-5,7H,6H2,1-2H3,(H,14,15)(H,19,20). The predicted octanol–water partition coefficient (Wildman–Crippen LogP) is 1.26. The average Bonchev–Trinajstić information content (AvgIpc) is 2.88.